The Hall–Kier alpha value is -1.61. The molecule has 0 aliphatic carbocycles. The Morgan fingerprint density at radius 1 is 1.21 bits per heavy atom. The molecule has 0 bridgehead atoms. The van der Waals surface area contributed by atoms with E-state index in [1.165, 1.54) is 0 Å². The van der Waals surface area contributed by atoms with E-state index < -0.39 is 0 Å². The lowest BCUT2D eigenvalue weighted by atomic mass is 10.1. The van der Waals surface area contributed by atoms with Gasteiger partial charge in [0.2, 0.25) is 5.88 Å². The second-order valence-corrected chi connectivity index (χ2v) is 4.75. The van der Waals surface area contributed by atoms with E-state index in [4.69, 9.17) is 16.3 Å². The van der Waals surface area contributed by atoms with Crippen molar-refractivity contribution in [3.8, 4) is 5.88 Å². The number of rotatable bonds is 5. The summed E-state index contributed by atoms with van der Waals surface area (Å²) in [6.45, 7) is 4.07. The van der Waals surface area contributed by atoms with Crippen molar-refractivity contribution in [2.75, 3.05) is 0 Å². The van der Waals surface area contributed by atoms with Crippen molar-refractivity contribution in [2.45, 2.75) is 32.8 Å². The maximum atomic E-state index is 5.98. The standard InChI is InChI=1S/C15H17ClN2O/c1-3-7-14-17-13(16)10-15(18-14)19-11(2)12-8-5-4-6-9-12/h4-6,8-11H,3,7H2,1-2H3. The fraction of sp³-hybridized carbons (Fsp3) is 0.333. The average molecular weight is 277 g/mol. The highest BCUT2D eigenvalue weighted by Gasteiger charge is 2.10. The van der Waals surface area contributed by atoms with Gasteiger partial charge in [0.15, 0.2) is 0 Å². The molecule has 0 aliphatic heterocycles. The highest BCUT2D eigenvalue weighted by Crippen LogP contribution is 2.22. The Labute approximate surface area is 118 Å². The molecule has 0 saturated heterocycles. The normalized spacial score (nSPS) is 12.2. The lowest BCUT2D eigenvalue weighted by molar-refractivity contribution is 0.216. The van der Waals surface area contributed by atoms with Gasteiger partial charge in [-0.25, -0.2) is 4.98 Å². The molecule has 0 radical (unpaired) electrons. The quantitative estimate of drug-likeness (QED) is 0.767. The third-order valence-electron chi connectivity index (χ3n) is 2.76. The minimum absolute atomic E-state index is 0.0679. The van der Waals surface area contributed by atoms with Crippen LogP contribution in [0.3, 0.4) is 0 Å². The van der Waals surface area contributed by atoms with Gasteiger partial charge in [0.1, 0.15) is 17.1 Å². The minimum atomic E-state index is -0.0679. The number of hydrogen-bond acceptors (Lipinski definition) is 3. The topological polar surface area (TPSA) is 35.0 Å². The summed E-state index contributed by atoms with van der Waals surface area (Å²) in [6, 6.07) is 11.7. The maximum Gasteiger partial charge on any atom is 0.218 e. The summed E-state index contributed by atoms with van der Waals surface area (Å²) in [6.07, 6.45) is 1.71. The van der Waals surface area contributed by atoms with Crippen molar-refractivity contribution in [1.29, 1.82) is 0 Å². The van der Waals surface area contributed by atoms with Gasteiger partial charge in [-0.05, 0) is 18.9 Å². The Bertz CT molecular complexity index is 531. The smallest absolute Gasteiger partial charge is 0.218 e. The molecule has 1 heterocycles. The summed E-state index contributed by atoms with van der Waals surface area (Å²) in [5.74, 6) is 1.25. The fourth-order valence-electron chi connectivity index (χ4n) is 1.81. The van der Waals surface area contributed by atoms with Gasteiger partial charge in [-0.3, -0.25) is 0 Å². The zero-order chi connectivity index (χ0) is 13.7. The van der Waals surface area contributed by atoms with Crippen LogP contribution >= 0.6 is 11.6 Å². The molecule has 100 valence electrons. The van der Waals surface area contributed by atoms with Gasteiger partial charge in [0.05, 0.1) is 0 Å². The molecular formula is C15H17ClN2O. The largest absolute Gasteiger partial charge is 0.470 e. The van der Waals surface area contributed by atoms with E-state index in [-0.39, 0.29) is 6.10 Å². The van der Waals surface area contributed by atoms with Crippen LogP contribution in [0.2, 0.25) is 5.15 Å². The van der Waals surface area contributed by atoms with Crippen molar-refractivity contribution in [3.05, 3.63) is 52.9 Å². The van der Waals surface area contributed by atoms with E-state index in [0.29, 0.717) is 11.0 Å². The van der Waals surface area contributed by atoms with E-state index in [2.05, 4.69) is 16.9 Å². The van der Waals surface area contributed by atoms with Crippen LogP contribution in [0.5, 0.6) is 5.88 Å². The summed E-state index contributed by atoms with van der Waals surface area (Å²) in [5, 5.41) is 0.425. The number of hydrogen-bond donors (Lipinski definition) is 0. The van der Waals surface area contributed by atoms with Gasteiger partial charge in [-0.15, -0.1) is 0 Å². The van der Waals surface area contributed by atoms with Gasteiger partial charge in [-0.1, -0.05) is 48.9 Å². The molecule has 1 aromatic heterocycles. The van der Waals surface area contributed by atoms with Crippen LogP contribution in [-0.2, 0) is 6.42 Å². The van der Waals surface area contributed by atoms with E-state index in [1.54, 1.807) is 6.07 Å². The number of nitrogens with zero attached hydrogens (tertiary/aromatic N) is 2. The molecule has 3 nitrogen and oxygen atoms in total. The molecule has 0 N–H and O–H groups in total. The van der Waals surface area contributed by atoms with Crippen LogP contribution < -0.4 is 4.74 Å². The monoisotopic (exact) mass is 276 g/mol. The molecule has 4 heteroatoms. The zero-order valence-corrected chi connectivity index (χ0v) is 11.9. The molecule has 2 aromatic rings. The Morgan fingerprint density at radius 3 is 2.63 bits per heavy atom. The second-order valence-electron chi connectivity index (χ2n) is 4.37. The van der Waals surface area contributed by atoms with Gasteiger partial charge in [0.25, 0.3) is 0 Å². The van der Waals surface area contributed by atoms with Crippen molar-refractivity contribution in [3.63, 3.8) is 0 Å². The van der Waals surface area contributed by atoms with Crippen LogP contribution in [0.15, 0.2) is 36.4 Å². The summed E-state index contributed by atoms with van der Waals surface area (Å²) in [4.78, 5) is 8.55. The highest BCUT2D eigenvalue weighted by atomic mass is 35.5. The van der Waals surface area contributed by atoms with Crippen LogP contribution in [0.4, 0.5) is 0 Å². The van der Waals surface area contributed by atoms with Crippen molar-refractivity contribution >= 4 is 11.6 Å². The van der Waals surface area contributed by atoms with Gasteiger partial charge >= 0.3 is 0 Å². The first-order valence-corrected chi connectivity index (χ1v) is 6.82. The fourth-order valence-corrected chi connectivity index (χ4v) is 2.00. The molecular weight excluding hydrogens is 260 g/mol. The molecule has 1 aromatic carbocycles. The molecule has 0 spiro atoms. The molecule has 0 saturated carbocycles. The van der Waals surface area contributed by atoms with E-state index >= 15 is 0 Å². The third kappa shape index (κ3) is 3.93. The summed E-state index contributed by atoms with van der Waals surface area (Å²) < 4.78 is 5.83. The molecule has 0 aliphatic rings. The molecule has 2 rings (SSSR count). The molecule has 0 fully saturated rings. The van der Waals surface area contributed by atoms with Crippen molar-refractivity contribution in [1.82, 2.24) is 9.97 Å². The summed E-state index contributed by atoms with van der Waals surface area (Å²) in [7, 11) is 0. The molecule has 1 atom stereocenters. The first-order chi connectivity index (χ1) is 9.19. The van der Waals surface area contributed by atoms with Crippen LogP contribution in [0.1, 0.15) is 37.8 Å². The van der Waals surface area contributed by atoms with E-state index in [9.17, 15) is 0 Å². The summed E-state index contributed by atoms with van der Waals surface area (Å²) in [5.41, 5.74) is 1.11. The van der Waals surface area contributed by atoms with E-state index in [1.807, 2.05) is 37.3 Å². The van der Waals surface area contributed by atoms with Gasteiger partial charge in [0, 0.05) is 12.5 Å². The van der Waals surface area contributed by atoms with Crippen LogP contribution in [0.25, 0.3) is 0 Å². The second kappa shape index (κ2) is 6.53. The minimum Gasteiger partial charge on any atom is -0.470 e. The van der Waals surface area contributed by atoms with Crippen molar-refractivity contribution in [2.24, 2.45) is 0 Å². The Morgan fingerprint density at radius 2 is 1.95 bits per heavy atom. The SMILES string of the molecule is CCCc1nc(Cl)cc(OC(C)c2ccccc2)n1. The lowest BCUT2D eigenvalue weighted by Crippen LogP contribution is -2.06. The Balaban J connectivity index is 2.14. The number of halogens is 1. The number of aryl methyl sites for hydroxylation is 1. The number of benzene rings is 1. The van der Waals surface area contributed by atoms with Gasteiger partial charge < -0.3 is 4.74 Å². The maximum absolute atomic E-state index is 5.98. The summed E-state index contributed by atoms with van der Waals surface area (Å²) >= 11 is 5.98. The molecule has 1 unspecified atom stereocenters. The predicted molar refractivity (Wildman–Crippen MR) is 76.5 cm³/mol. The number of ether oxygens (including phenoxy) is 1. The highest BCUT2D eigenvalue weighted by molar-refractivity contribution is 6.29. The first kappa shape index (κ1) is 13.8. The Kier molecular flexibility index (Phi) is 4.74. The lowest BCUT2D eigenvalue weighted by Gasteiger charge is -2.14. The zero-order valence-electron chi connectivity index (χ0n) is 11.1. The molecule has 0 amide bonds. The average Bonchev–Trinajstić information content (AvgIpc) is 2.39. The van der Waals surface area contributed by atoms with E-state index in [0.717, 1.165) is 24.2 Å². The predicted octanol–water partition coefficient (Wildman–Crippen LogP) is 4.22. The van der Waals surface area contributed by atoms with Crippen LogP contribution in [-0.4, -0.2) is 9.97 Å². The number of aromatic nitrogens is 2. The van der Waals surface area contributed by atoms with Gasteiger partial charge in [-0.2, -0.15) is 4.98 Å². The van der Waals surface area contributed by atoms with Crippen LogP contribution in [0, 0.1) is 0 Å². The molecule has 19 heavy (non-hydrogen) atoms. The first-order valence-electron chi connectivity index (χ1n) is 6.44. The van der Waals surface area contributed by atoms with Crippen molar-refractivity contribution < 1.29 is 4.74 Å². The third-order valence-corrected chi connectivity index (χ3v) is 2.95.